The number of benzene rings is 1. The number of thioether (sulfide) groups is 1. The van der Waals surface area contributed by atoms with E-state index in [0.29, 0.717) is 11.5 Å². The molecule has 0 bridgehead atoms. The second-order valence-corrected chi connectivity index (χ2v) is 7.58. The maximum atomic E-state index is 12.7. The van der Waals surface area contributed by atoms with Gasteiger partial charge in [-0.15, -0.1) is 0 Å². The molecule has 1 saturated heterocycles. The van der Waals surface area contributed by atoms with Gasteiger partial charge in [-0.2, -0.15) is 0 Å². The molecule has 0 unspecified atom stereocenters. The average molecular weight is 417 g/mol. The van der Waals surface area contributed by atoms with E-state index in [1.54, 1.807) is 12.1 Å². The molecule has 2 N–H and O–H groups in total. The zero-order chi connectivity index (χ0) is 20.3. The Labute approximate surface area is 169 Å². The van der Waals surface area contributed by atoms with E-state index in [4.69, 9.17) is 21.7 Å². The van der Waals surface area contributed by atoms with E-state index < -0.39 is 23.9 Å². The fourth-order valence-electron chi connectivity index (χ4n) is 2.69. The molecule has 144 valence electrons. The Bertz CT molecular complexity index is 966. The fraction of sp³-hybridized carbons (Fsp3) is 0.158. The number of carbonyl (C=O) groups is 3. The number of thiocarbonyl (C=S) groups is 1. The van der Waals surface area contributed by atoms with Crippen molar-refractivity contribution in [1.29, 1.82) is 0 Å². The molecule has 0 saturated carbocycles. The Morgan fingerprint density at radius 1 is 1.18 bits per heavy atom. The molecule has 1 aromatic carbocycles. The average Bonchev–Trinajstić information content (AvgIpc) is 3.22. The van der Waals surface area contributed by atoms with Crippen LogP contribution in [0.5, 0.6) is 0 Å². The number of nitrogens with zero attached hydrogens (tertiary/aromatic N) is 1. The van der Waals surface area contributed by atoms with Crippen LogP contribution >= 0.6 is 24.0 Å². The summed E-state index contributed by atoms with van der Waals surface area (Å²) in [5.74, 6) is -1.96. The number of furan rings is 1. The third-order valence-electron chi connectivity index (χ3n) is 4.01. The summed E-state index contributed by atoms with van der Waals surface area (Å²) < 4.78 is 5.81. The number of hydrogen-bond acceptors (Lipinski definition) is 6. The Morgan fingerprint density at radius 3 is 2.54 bits per heavy atom. The molecule has 7 nitrogen and oxygen atoms in total. The van der Waals surface area contributed by atoms with Gasteiger partial charge in [0.1, 0.15) is 21.9 Å². The number of hydrogen-bond donors (Lipinski definition) is 2. The zero-order valence-corrected chi connectivity index (χ0v) is 16.0. The molecule has 1 atom stereocenters. The molecule has 0 radical (unpaired) electrons. The smallest absolute Gasteiger partial charge is 0.326 e. The van der Waals surface area contributed by atoms with Crippen LogP contribution in [0.15, 0.2) is 51.8 Å². The van der Waals surface area contributed by atoms with Gasteiger partial charge in [0, 0.05) is 18.1 Å². The molecular formula is C19H15NO6S2. The van der Waals surface area contributed by atoms with Crippen LogP contribution < -0.4 is 0 Å². The molecule has 1 aromatic heterocycles. The summed E-state index contributed by atoms with van der Waals surface area (Å²) >= 11 is 6.11. The summed E-state index contributed by atoms with van der Waals surface area (Å²) in [5, 5.41) is 18.2. The van der Waals surface area contributed by atoms with Crippen LogP contribution in [0, 0.1) is 0 Å². The van der Waals surface area contributed by atoms with Crippen LogP contribution in [0.1, 0.15) is 18.6 Å². The predicted octanol–water partition coefficient (Wildman–Crippen LogP) is 3.47. The first-order valence-electron chi connectivity index (χ1n) is 8.23. The highest BCUT2D eigenvalue weighted by Gasteiger charge is 2.40. The van der Waals surface area contributed by atoms with E-state index in [0.717, 1.165) is 22.2 Å². The number of amides is 1. The molecule has 3 rings (SSSR count). The lowest BCUT2D eigenvalue weighted by molar-refractivity contribution is -0.146. The van der Waals surface area contributed by atoms with Crippen LogP contribution in [0.3, 0.4) is 0 Å². The van der Waals surface area contributed by atoms with Crippen molar-refractivity contribution in [2.24, 2.45) is 0 Å². The van der Waals surface area contributed by atoms with Crippen molar-refractivity contribution in [1.82, 2.24) is 4.90 Å². The van der Waals surface area contributed by atoms with Crippen LogP contribution in [-0.4, -0.2) is 43.3 Å². The summed E-state index contributed by atoms with van der Waals surface area (Å²) in [4.78, 5) is 36.2. The third-order valence-corrected chi connectivity index (χ3v) is 5.34. The van der Waals surface area contributed by atoms with E-state index in [9.17, 15) is 19.5 Å². The number of carboxylic acid groups (broad SMARTS) is 2. The Hall–Kier alpha value is -2.91. The quantitative estimate of drug-likeness (QED) is 0.521. The number of aliphatic carboxylic acids is 2. The van der Waals surface area contributed by atoms with Crippen LogP contribution in [0.2, 0.25) is 0 Å². The van der Waals surface area contributed by atoms with Crippen molar-refractivity contribution in [2.45, 2.75) is 18.9 Å². The Balaban J connectivity index is 1.82. The molecule has 2 heterocycles. The first-order chi connectivity index (χ1) is 13.4. The number of carboxylic acids is 2. The van der Waals surface area contributed by atoms with Crippen LogP contribution in [0.4, 0.5) is 0 Å². The van der Waals surface area contributed by atoms with Gasteiger partial charge < -0.3 is 14.6 Å². The molecule has 1 aliphatic rings. The third kappa shape index (κ3) is 4.32. The van der Waals surface area contributed by atoms with E-state index >= 15 is 0 Å². The fourth-order valence-corrected chi connectivity index (χ4v) is 4.03. The van der Waals surface area contributed by atoms with Crippen molar-refractivity contribution >= 4 is 52.2 Å². The molecule has 0 aliphatic carbocycles. The van der Waals surface area contributed by atoms with Crippen LogP contribution in [-0.2, 0) is 14.4 Å². The number of rotatable bonds is 7. The lowest BCUT2D eigenvalue weighted by atomic mass is 10.1. The highest BCUT2D eigenvalue weighted by Crippen LogP contribution is 2.35. The highest BCUT2D eigenvalue weighted by molar-refractivity contribution is 8.26. The molecule has 2 aromatic rings. The van der Waals surface area contributed by atoms with Gasteiger partial charge >= 0.3 is 11.9 Å². The normalized spacial score (nSPS) is 16.6. The molecule has 28 heavy (non-hydrogen) atoms. The molecule has 1 amide bonds. The minimum absolute atomic E-state index is 0.0730. The van der Waals surface area contributed by atoms with Gasteiger partial charge in [-0.05, 0) is 18.6 Å². The Morgan fingerprint density at radius 2 is 1.89 bits per heavy atom. The molecule has 9 heteroatoms. The standard InChI is InChI=1S/C19H15NO6S2/c21-16(22)9-7-13(18(24)25)20-17(23)15(28-19(20)27)10-12-6-8-14(26-12)11-4-2-1-3-5-11/h1-6,8,10,13H,7,9H2,(H,21,22)(H,24,25)/b15-10+/t13-/m1/s1. The first kappa shape index (κ1) is 19.8. The topological polar surface area (TPSA) is 108 Å². The van der Waals surface area contributed by atoms with Crippen molar-refractivity contribution in [3.05, 3.63) is 53.1 Å². The lowest BCUT2D eigenvalue weighted by Gasteiger charge is -2.22. The van der Waals surface area contributed by atoms with E-state index in [1.807, 2.05) is 30.3 Å². The summed E-state index contributed by atoms with van der Waals surface area (Å²) in [6.07, 6.45) is 0.886. The maximum absolute atomic E-state index is 12.7. The van der Waals surface area contributed by atoms with E-state index in [1.165, 1.54) is 6.08 Å². The summed E-state index contributed by atoms with van der Waals surface area (Å²) in [7, 11) is 0. The van der Waals surface area contributed by atoms with Gasteiger partial charge in [-0.1, -0.05) is 54.3 Å². The van der Waals surface area contributed by atoms with E-state index in [2.05, 4.69) is 0 Å². The minimum Gasteiger partial charge on any atom is -0.481 e. The second-order valence-electron chi connectivity index (χ2n) is 5.91. The van der Waals surface area contributed by atoms with Crippen molar-refractivity contribution in [3.8, 4) is 11.3 Å². The van der Waals surface area contributed by atoms with Gasteiger partial charge in [0.2, 0.25) is 0 Å². The van der Waals surface area contributed by atoms with Gasteiger partial charge in [0.05, 0.1) is 4.91 Å². The minimum atomic E-state index is -1.33. The van der Waals surface area contributed by atoms with Gasteiger partial charge in [0.25, 0.3) is 5.91 Å². The maximum Gasteiger partial charge on any atom is 0.326 e. The van der Waals surface area contributed by atoms with Crippen molar-refractivity contribution in [2.75, 3.05) is 0 Å². The second kappa shape index (κ2) is 8.41. The van der Waals surface area contributed by atoms with Crippen molar-refractivity contribution < 1.29 is 29.0 Å². The first-order valence-corrected chi connectivity index (χ1v) is 9.46. The van der Waals surface area contributed by atoms with Crippen molar-refractivity contribution in [3.63, 3.8) is 0 Å². The monoisotopic (exact) mass is 417 g/mol. The van der Waals surface area contributed by atoms with Gasteiger partial charge in [-0.25, -0.2) is 4.79 Å². The van der Waals surface area contributed by atoms with E-state index in [-0.39, 0.29) is 22.1 Å². The largest absolute Gasteiger partial charge is 0.481 e. The molecule has 1 aliphatic heterocycles. The SMILES string of the molecule is O=C(O)CC[C@H](C(=O)O)N1C(=O)/C(=C\c2ccc(-c3ccccc3)o2)SC1=S. The van der Waals surface area contributed by atoms with Crippen LogP contribution in [0.25, 0.3) is 17.4 Å². The molecule has 0 spiro atoms. The zero-order valence-electron chi connectivity index (χ0n) is 14.4. The molecule has 1 fully saturated rings. The number of carbonyl (C=O) groups excluding carboxylic acids is 1. The van der Waals surface area contributed by atoms with Gasteiger partial charge in [0.15, 0.2) is 0 Å². The highest BCUT2D eigenvalue weighted by atomic mass is 32.2. The summed E-state index contributed by atoms with van der Waals surface area (Å²) in [6.45, 7) is 0. The summed E-state index contributed by atoms with van der Waals surface area (Å²) in [5.41, 5.74) is 0.884. The lowest BCUT2D eigenvalue weighted by Crippen LogP contribution is -2.44. The van der Waals surface area contributed by atoms with Gasteiger partial charge in [-0.3, -0.25) is 14.5 Å². The molecular weight excluding hydrogens is 402 g/mol. The Kier molecular flexibility index (Phi) is 5.96. The summed E-state index contributed by atoms with van der Waals surface area (Å²) in [6, 6.07) is 11.6. The predicted molar refractivity (Wildman–Crippen MR) is 107 cm³/mol.